The second-order valence-electron chi connectivity index (χ2n) is 7.84. The van der Waals surface area contributed by atoms with Crippen molar-refractivity contribution >= 4 is 58.0 Å². The summed E-state index contributed by atoms with van der Waals surface area (Å²) in [5.74, 6) is -0.250. The molecular weight excluding hydrogens is 481 g/mol. The van der Waals surface area contributed by atoms with Crippen LogP contribution in [0.1, 0.15) is 26.3 Å². The predicted molar refractivity (Wildman–Crippen MR) is 135 cm³/mol. The van der Waals surface area contributed by atoms with Crippen LogP contribution in [-0.4, -0.2) is 42.9 Å². The van der Waals surface area contributed by atoms with Gasteiger partial charge in [-0.3, -0.25) is 9.59 Å². The number of hydrogen-bond acceptors (Lipinski definition) is 3. The molecule has 170 valence electrons. The van der Waals surface area contributed by atoms with E-state index in [0.29, 0.717) is 52.5 Å². The summed E-state index contributed by atoms with van der Waals surface area (Å²) >= 11 is 18.5. The molecule has 3 aromatic carbocycles. The molecule has 1 N–H and O–H groups in total. The number of anilines is 2. The van der Waals surface area contributed by atoms with Crippen molar-refractivity contribution in [1.82, 2.24) is 4.90 Å². The van der Waals surface area contributed by atoms with Gasteiger partial charge >= 0.3 is 0 Å². The summed E-state index contributed by atoms with van der Waals surface area (Å²) in [5, 5.41) is 4.06. The van der Waals surface area contributed by atoms with Gasteiger partial charge in [0, 0.05) is 43.0 Å². The largest absolute Gasteiger partial charge is 0.367 e. The molecule has 8 heteroatoms. The number of nitrogens with zero attached hydrogens (tertiary/aromatic N) is 2. The molecule has 1 fully saturated rings. The van der Waals surface area contributed by atoms with Gasteiger partial charge in [0.1, 0.15) is 0 Å². The highest BCUT2D eigenvalue weighted by Crippen LogP contribution is 2.30. The van der Waals surface area contributed by atoms with Crippen LogP contribution in [0.4, 0.5) is 11.4 Å². The highest BCUT2D eigenvalue weighted by Gasteiger charge is 2.24. The Balaban J connectivity index is 1.39. The highest BCUT2D eigenvalue weighted by atomic mass is 35.5. The molecule has 0 aromatic heterocycles. The van der Waals surface area contributed by atoms with Crippen LogP contribution in [0.3, 0.4) is 0 Å². The van der Waals surface area contributed by atoms with Crippen LogP contribution in [-0.2, 0) is 0 Å². The summed E-state index contributed by atoms with van der Waals surface area (Å²) in [6.07, 6.45) is 0. The molecule has 1 saturated heterocycles. The minimum atomic E-state index is -0.305. The number of piperazine rings is 1. The number of rotatable bonds is 4. The van der Waals surface area contributed by atoms with Crippen molar-refractivity contribution in [3.05, 3.63) is 92.4 Å². The topological polar surface area (TPSA) is 52.7 Å². The van der Waals surface area contributed by atoms with Gasteiger partial charge in [-0.2, -0.15) is 0 Å². The van der Waals surface area contributed by atoms with Gasteiger partial charge in [0.2, 0.25) is 0 Å². The van der Waals surface area contributed by atoms with Crippen LogP contribution in [0.5, 0.6) is 0 Å². The van der Waals surface area contributed by atoms with Gasteiger partial charge in [0.15, 0.2) is 0 Å². The molecule has 1 heterocycles. The average molecular weight is 503 g/mol. The van der Waals surface area contributed by atoms with E-state index in [4.69, 9.17) is 34.8 Å². The Morgan fingerprint density at radius 2 is 1.55 bits per heavy atom. The minimum Gasteiger partial charge on any atom is -0.367 e. The molecule has 0 atom stereocenters. The molecule has 5 nitrogen and oxygen atoms in total. The van der Waals surface area contributed by atoms with Gasteiger partial charge in [-0.15, -0.1) is 0 Å². The van der Waals surface area contributed by atoms with E-state index < -0.39 is 0 Å². The Bertz CT molecular complexity index is 1210. The number of benzene rings is 3. The van der Waals surface area contributed by atoms with Gasteiger partial charge < -0.3 is 15.1 Å². The van der Waals surface area contributed by atoms with Crippen molar-refractivity contribution in [1.29, 1.82) is 0 Å². The predicted octanol–water partition coefficient (Wildman–Crippen LogP) is 6.17. The average Bonchev–Trinajstić information content (AvgIpc) is 2.81. The molecule has 2 amide bonds. The van der Waals surface area contributed by atoms with E-state index in [1.807, 2.05) is 48.2 Å². The third-order valence-electron chi connectivity index (χ3n) is 5.67. The lowest BCUT2D eigenvalue weighted by molar-refractivity contribution is 0.0746. The monoisotopic (exact) mass is 501 g/mol. The molecule has 0 saturated carbocycles. The van der Waals surface area contributed by atoms with Gasteiger partial charge in [0.05, 0.1) is 20.8 Å². The molecule has 0 aliphatic carbocycles. The van der Waals surface area contributed by atoms with E-state index in [-0.39, 0.29) is 11.8 Å². The number of aryl methyl sites for hydroxylation is 1. The van der Waals surface area contributed by atoms with Gasteiger partial charge in [-0.1, -0.05) is 53.0 Å². The number of carbonyl (C=O) groups is 2. The summed E-state index contributed by atoms with van der Waals surface area (Å²) in [4.78, 5) is 29.4. The molecule has 0 radical (unpaired) electrons. The second kappa shape index (κ2) is 10.0. The first-order valence-electron chi connectivity index (χ1n) is 10.5. The molecule has 1 aliphatic rings. The van der Waals surface area contributed by atoms with E-state index in [9.17, 15) is 9.59 Å². The number of halogens is 3. The summed E-state index contributed by atoms with van der Waals surface area (Å²) in [5.41, 5.74) is 3.57. The summed E-state index contributed by atoms with van der Waals surface area (Å²) < 4.78 is 0. The quantitative estimate of drug-likeness (QED) is 0.464. The zero-order valence-electron chi connectivity index (χ0n) is 17.9. The van der Waals surface area contributed by atoms with Crippen molar-refractivity contribution in [2.24, 2.45) is 0 Å². The lowest BCUT2D eigenvalue weighted by atomic mass is 10.1. The van der Waals surface area contributed by atoms with Crippen LogP contribution >= 0.6 is 34.8 Å². The Kier molecular flexibility index (Phi) is 7.13. The third-order valence-corrected chi connectivity index (χ3v) is 6.71. The van der Waals surface area contributed by atoms with E-state index in [2.05, 4.69) is 10.2 Å². The normalized spacial score (nSPS) is 13.7. The first-order valence-corrected chi connectivity index (χ1v) is 11.6. The maximum atomic E-state index is 12.9. The van der Waals surface area contributed by atoms with Crippen LogP contribution < -0.4 is 10.2 Å². The van der Waals surface area contributed by atoms with Crippen molar-refractivity contribution in [3.8, 4) is 0 Å². The second-order valence-corrected chi connectivity index (χ2v) is 9.06. The van der Waals surface area contributed by atoms with Crippen LogP contribution in [0, 0.1) is 6.92 Å². The number of amides is 2. The van der Waals surface area contributed by atoms with Crippen LogP contribution in [0.2, 0.25) is 15.1 Å². The molecule has 0 bridgehead atoms. The molecule has 0 spiro atoms. The Hall–Kier alpha value is -2.73. The van der Waals surface area contributed by atoms with Crippen LogP contribution in [0.15, 0.2) is 60.7 Å². The van der Waals surface area contributed by atoms with E-state index in [1.165, 1.54) is 6.07 Å². The molecule has 4 rings (SSSR count). The number of carbonyl (C=O) groups excluding carboxylic acids is 2. The van der Waals surface area contributed by atoms with Crippen molar-refractivity contribution in [3.63, 3.8) is 0 Å². The molecule has 0 unspecified atom stereocenters. The van der Waals surface area contributed by atoms with E-state index >= 15 is 0 Å². The van der Waals surface area contributed by atoms with E-state index in [1.54, 1.807) is 18.2 Å². The lowest BCUT2D eigenvalue weighted by Gasteiger charge is -2.36. The minimum absolute atomic E-state index is 0.0548. The fourth-order valence-electron chi connectivity index (χ4n) is 3.82. The van der Waals surface area contributed by atoms with Crippen molar-refractivity contribution < 1.29 is 9.59 Å². The fourth-order valence-corrected chi connectivity index (χ4v) is 4.41. The molecular formula is C25H22Cl3N3O2. The molecule has 33 heavy (non-hydrogen) atoms. The third kappa shape index (κ3) is 5.27. The first-order chi connectivity index (χ1) is 15.8. The maximum absolute atomic E-state index is 12.9. The summed E-state index contributed by atoms with van der Waals surface area (Å²) in [6.45, 7) is 4.52. The zero-order valence-corrected chi connectivity index (χ0v) is 20.2. The number of hydrogen-bond donors (Lipinski definition) is 1. The summed E-state index contributed by atoms with van der Waals surface area (Å²) in [7, 11) is 0. The van der Waals surface area contributed by atoms with Crippen molar-refractivity contribution in [2.45, 2.75) is 6.92 Å². The van der Waals surface area contributed by atoms with Crippen molar-refractivity contribution in [2.75, 3.05) is 36.4 Å². The highest BCUT2D eigenvalue weighted by molar-refractivity contribution is 6.42. The van der Waals surface area contributed by atoms with Gasteiger partial charge in [-0.05, 0) is 55.0 Å². The standard InChI is InChI=1S/C25H22Cl3N3O2/c1-16-4-2-3-5-19(16)25(33)31-12-10-30(11-13-31)23-9-7-18(15-22(23)28)29-24(32)17-6-8-20(26)21(27)14-17/h2-9,14-15H,10-13H2,1H3,(H,29,32). The van der Waals surface area contributed by atoms with E-state index in [0.717, 1.165) is 16.8 Å². The fraction of sp³-hybridized carbons (Fsp3) is 0.200. The first kappa shape index (κ1) is 23.4. The smallest absolute Gasteiger partial charge is 0.255 e. The molecule has 3 aromatic rings. The maximum Gasteiger partial charge on any atom is 0.255 e. The van der Waals surface area contributed by atoms with Gasteiger partial charge in [0.25, 0.3) is 11.8 Å². The Morgan fingerprint density at radius 1 is 0.818 bits per heavy atom. The zero-order chi connectivity index (χ0) is 23.5. The Morgan fingerprint density at radius 3 is 2.21 bits per heavy atom. The summed E-state index contributed by atoms with van der Waals surface area (Å²) in [6, 6.07) is 17.8. The Labute approximate surface area is 207 Å². The lowest BCUT2D eigenvalue weighted by Crippen LogP contribution is -2.49. The van der Waals surface area contributed by atoms with Gasteiger partial charge in [-0.25, -0.2) is 0 Å². The number of nitrogens with one attached hydrogen (secondary N) is 1. The molecule has 1 aliphatic heterocycles. The SMILES string of the molecule is Cc1ccccc1C(=O)N1CCN(c2ccc(NC(=O)c3ccc(Cl)c(Cl)c3)cc2Cl)CC1. The van der Waals surface area contributed by atoms with Crippen LogP contribution in [0.25, 0.3) is 0 Å².